The number of carbonyl (C=O) groups is 2. The molecule has 0 aromatic heterocycles. The molecule has 0 bridgehead atoms. The van der Waals surface area contributed by atoms with Crippen LogP contribution in [0.4, 0.5) is 11.4 Å². The van der Waals surface area contributed by atoms with Crippen molar-refractivity contribution in [3.05, 3.63) is 99.4 Å². The summed E-state index contributed by atoms with van der Waals surface area (Å²) in [6.07, 6.45) is 0.893. The number of amides is 2. The van der Waals surface area contributed by atoms with Gasteiger partial charge >= 0.3 is 0 Å². The number of nitrogens with zero attached hydrogens (tertiary/aromatic N) is 1. The van der Waals surface area contributed by atoms with Gasteiger partial charge in [-0.2, -0.15) is 0 Å². The second kappa shape index (κ2) is 7.91. The van der Waals surface area contributed by atoms with Gasteiger partial charge in [0.25, 0.3) is 11.8 Å². The van der Waals surface area contributed by atoms with Crippen molar-refractivity contribution < 1.29 is 9.59 Å². The van der Waals surface area contributed by atoms with Gasteiger partial charge in [-0.05, 0) is 53.9 Å². The van der Waals surface area contributed by atoms with Crippen LogP contribution in [0.3, 0.4) is 0 Å². The smallest absolute Gasteiger partial charge is 0.272 e. The molecule has 2 aliphatic heterocycles. The number of halogens is 1. The summed E-state index contributed by atoms with van der Waals surface area (Å²) in [4.78, 5) is 29.8. The molecule has 31 heavy (non-hydrogen) atoms. The monoisotopic (exact) mass is 446 g/mol. The van der Waals surface area contributed by atoms with Crippen molar-refractivity contribution in [2.75, 3.05) is 10.2 Å². The number of nitrogens with one attached hydrogen (secondary N) is 1. The van der Waals surface area contributed by atoms with Crippen LogP contribution in [-0.4, -0.2) is 11.8 Å². The molecule has 2 amide bonds. The van der Waals surface area contributed by atoms with E-state index in [0.29, 0.717) is 21.2 Å². The zero-order valence-electron chi connectivity index (χ0n) is 16.8. The molecule has 0 fully saturated rings. The van der Waals surface area contributed by atoms with Crippen LogP contribution in [-0.2, 0) is 16.0 Å². The Morgan fingerprint density at radius 2 is 1.74 bits per heavy atom. The number of aryl methyl sites for hydroxylation is 1. The number of imide groups is 1. The second-order valence-electron chi connectivity index (χ2n) is 7.44. The first-order valence-electron chi connectivity index (χ1n) is 10.1. The largest absolute Gasteiger partial charge is 0.373 e. The topological polar surface area (TPSA) is 49.4 Å². The Bertz CT molecular complexity index is 1240. The van der Waals surface area contributed by atoms with Crippen LogP contribution in [0.5, 0.6) is 0 Å². The van der Waals surface area contributed by atoms with Gasteiger partial charge in [0, 0.05) is 15.6 Å². The summed E-state index contributed by atoms with van der Waals surface area (Å²) in [6, 6.07) is 22.3. The number of anilines is 2. The molecule has 0 radical (unpaired) electrons. The van der Waals surface area contributed by atoms with E-state index in [0.717, 1.165) is 28.1 Å². The van der Waals surface area contributed by atoms with Crippen molar-refractivity contribution in [1.29, 1.82) is 0 Å². The lowest BCUT2D eigenvalue weighted by molar-refractivity contribution is -0.120. The number of hydrogen-bond acceptors (Lipinski definition) is 4. The Labute approximate surface area is 189 Å². The fourth-order valence-corrected chi connectivity index (χ4v) is 5.24. The van der Waals surface area contributed by atoms with Crippen LogP contribution in [0, 0.1) is 0 Å². The summed E-state index contributed by atoms with van der Waals surface area (Å²) < 4.78 is 0. The lowest BCUT2D eigenvalue weighted by atomic mass is 9.98. The first-order valence-corrected chi connectivity index (χ1v) is 11.3. The maximum atomic E-state index is 13.6. The van der Waals surface area contributed by atoms with Gasteiger partial charge in [-0.1, -0.05) is 66.7 Å². The quantitative estimate of drug-likeness (QED) is 0.502. The third-order valence-corrected chi connectivity index (χ3v) is 6.96. The standard InChI is InChI=1S/C25H19ClN2O2S/c1-2-15-10-12-18(13-11-15)28-24(29)21-22(16-6-5-7-17(26)14-16)27-19-8-3-4-9-20(19)31-23(21)25(28)30/h3-14,22,27H,2H2,1H3. The summed E-state index contributed by atoms with van der Waals surface area (Å²) in [7, 11) is 0. The van der Waals surface area contributed by atoms with E-state index in [2.05, 4.69) is 12.2 Å². The van der Waals surface area contributed by atoms with Crippen molar-refractivity contribution in [3.8, 4) is 0 Å². The number of fused-ring (bicyclic) bond motifs is 1. The lowest BCUT2D eigenvalue weighted by Gasteiger charge is -2.23. The minimum absolute atomic E-state index is 0.292. The molecule has 0 aliphatic carbocycles. The van der Waals surface area contributed by atoms with Crippen LogP contribution in [0.2, 0.25) is 5.02 Å². The van der Waals surface area contributed by atoms with E-state index in [9.17, 15) is 9.59 Å². The average Bonchev–Trinajstić information content (AvgIpc) is 2.93. The van der Waals surface area contributed by atoms with Gasteiger partial charge in [-0.3, -0.25) is 9.59 Å². The molecule has 5 rings (SSSR count). The minimum atomic E-state index is -0.485. The number of para-hydroxylation sites is 1. The molecular formula is C25H19ClN2O2S. The normalized spacial score (nSPS) is 17.9. The van der Waals surface area contributed by atoms with Crippen molar-refractivity contribution in [3.63, 3.8) is 0 Å². The summed E-state index contributed by atoms with van der Waals surface area (Å²) in [5.74, 6) is -0.596. The Morgan fingerprint density at radius 3 is 2.48 bits per heavy atom. The minimum Gasteiger partial charge on any atom is -0.373 e. The highest BCUT2D eigenvalue weighted by molar-refractivity contribution is 8.04. The second-order valence-corrected chi connectivity index (χ2v) is 8.93. The number of thioether (sulfide) groups is 1. The zero-order valence-corrected chi connectivity index (χ0v) is 18.3. The SMILES string of the molecule is CCc1ccc(N2C(=O)C3=C(C2=O)C(c2cccc(Cl)c2)Nc2ccccc2S3)cc1. The van der Waals surface area contributed by atoms with Crippen molar-refractivity contribution in [1.82, 2.24) is 0 Å². The molecule has 4 nitrogen and oxygen atoms in total. The highest BCUT2D eigenvalue weighted by Crippen LogP contribution is 2.48. The summed E-state index contributed by atoms with van der Waals surface area (Å²) in [5, 5.41) is 4.06. The molecule has 1 unspecified atom stereocenters. The predicted molar refractivity (Wildman–Crippen MR) is 125 cm³/mol. The van der Waals surface area contributed by atoms with Gasteiger partial charge in [-0.15, -0.1) is 0 Å². The first-order chi connectivity index (χ1) is 15.1. The van der Waals surface area contributed by atoms with Gasteiger partial charge in [0.1, 0.15) is 0 Å². The molecule has 3 aromatic carbocycles. The number of benzene rings is 3. The fraction of sp³-hybridized carbons (Fsp3) is 0.120. The Hall–Kier alpha value is -3.02. The molecule has 154 valence electrons. The third-order valence-electron chi connectivity index (χ3n) is 5.55. The van der Waals surface area contributed by atoms with Crippen LogP contribution >= 0.6 is 23.4 Å². The van der Waals surface area contributed by atoms with Crippen LogP contribution in [0.1, 0.15) is 24.1 Å². The van der Waals surface area contributed by atoms with Crippen molar-refractivity contribution in [2.45, 2.75) is 24.3 Å². The third kappa shape index (κ3) is 3.44. The van der Waals surface area contributed by atoms with E-state index in [1.54, 1.807) is 6.07 Å². The number of hydrogen-bond donors (Lipinski definition) is 1. The predicted octanol–water partition coefficient (Wildman–Crippen LogP) is 5.99. The lowest BCUT2D eigenvalue weighted by Crippen LogP contribution is -2.33. The van der Waals surface area contributed by atoms with E-state index >= 15 is 0 Å². The highest BCUT2D eigenvalue weighted by atomic mass is 35.5. The van der Waals surface area contributed by atoms with E-state index in [1.165, 1.54) is 16.7 Å². The van der Waals surface area contributed by atoms with E-state index in [4.69, 9.17) is 11.6 Å². The summed E-state index contributed by atoms with van der Waals surface area (Å²) in [6.45, 7) is 2.07. The van der Waals surface area contributed by atoms with Gasteiger partial charge in [-0.25, -0.2) is 4.90 Å². The molecule has 1 atom stereocenters. The highest BCUT2D eigenvalue weighted by Gasteiger charge is 2.45. The van der Waals surface area contributed by atoms with Crippen LogP contribution in [0.15, 0.2) is 88.2 Å². The Morgan fingerprint density at radius 1 is 0.968 bits per heavy atom. The fourth-order valence-electron chi connectivity index (χ4n) is 3.94. The van der Waals surface area contributed by atoms with Crippen LogP contribution in [0.25, 0.3) is 0 Å². The molecular weight excluding hydrogens is 428 g/mol. The van der Waals surface area contributed by atoms with Crippen molar-refractivity contribution >= 4 is 46.6 Å². The maximum absolute atomic E-state index is 13.6. The van der Waals surface area contributed by atoms with E-state index in [1.807, 2.05) is 66.7 Å². The molecule has 2 aliphatic rings. The maximum Gasteiger partial charge on any atom is 0.272 e. The van der Waals surface area contributed by atoms with Gasteiger partial charge in [0.15, 0.2) is 0 Å². The summed E-state index contributed by atoms with van der Waals surface area (Å²) in [5.41, 5.74) is 3.90. The molecule has 2 heterocycles. The molecule has 3 aromatic rings. The van der Waals surface area contributed by atoms with Crippen LogP contribution < -0.4 is 10.2 Å². The zero-order chi connectivity index (χ0) is 21.5. The summed E-state index contributed by atoms with van der Waals surface area (Å²) >= 11 is 7.60. The van der Waals surface area contributed by atoms with Gasteiger partial charge < -0.3 is 5.32 Å². The van der Waals surface area contributed by atoms with E-state index < -0.39 is 6.04 Å². The molecule has 6 heteroatoms. The number of rotatable bonds is 3. The van der Waals surface area contributed by atoms with Crippen molar-refractivity contribution in [2.24, 2.45) is 0 Å². The average molecular weight is 447 g/mol. The Balaban J connectivity index is 1.64. The first kappa shape index (κ1) is 19.9. The molecule has 0 saturated carbocycles. The molecule has 0 saturated heterocycles. The van der Waals surface area contributed by atoms with Gasteiger partial charge in [0.05, 0.1) is 22.2 Å². The van der Waals surface area contributed by atoms with Gasteiger partial charge in [0.2, 0.25) is 0 Å². The van der Waals surface area contributed by atoms with E-state index in [-0.39, 0.29) is 11.8 Å². The molecule has 0 spiro atoms. The Kier molecular flexibility index (Phi) is 5.08. The number of carbonyl (C=O) groups excluding carboxylic acids is 2. The molecule has 1 N–H and O–H groups in total.